The maximum absolute atomic E-state index is 12.9. The molecule has 0 atom stereocenters. The van der Waals surface area contributed by atoms with Crippen LogP contribution in [0.2, 0.25) is 0 Å². The standard InChI is InChI=1S/C14H16F3N5O/c15-14(16,17)11-7-12(20-9-10-3-1-4-18-8-10)22-13(21-11)19-5-2-6-23/h1,3-4,7-8,23H,2,5-6,9H2,(H2,19,20,21,22). The molecule has 23 heavy (non-hydrogen) atoms. The summed E-state index contributed by atoms with van der Waals surface area (Å²) in [6, 6.07) is 4.39. The van der Waals surface area contributed by atoms with Gasteiger partial charge in [0.15, 0.2) is 5.69 Å². The van der Waals surface area contributed by atoms with Crippen LogP contribution in [0.3, 0.4) is 0 Å². The van der Waals surface area contributed by atoms with E-state index in [0.717, 1.165) is 11.6 Å². The third kappa shape index (κ3) is 5.37. The van der Waals surface area contributed by atoms with Gasteiger partial charge in [-0.2, -0.15) is 18.2 Å². The largest absolute Gasteiger partial charge is 0.433 e. The van der Waals surface area contributed by atoms with Crippen molar-refractivity contribution in [1.82, 2.24) is 15.0 Å². The van der Waals surface area contributed by atoms with Gasteiger partial charge in [-0.1, -0.05) is 6.07 Å². The molecule has 0 aliphatic heterocycles. The Balaban J connectivity index is 2.14. The van der Waals surface area contributed by atoms with E-state index in [1.807, 2.05) is 0 Å². The molecule has 2 aromatic rings. The van der Waals surface area contributed by atoms with Crippen LogP contribution in [0.15, 0.2) is 30.6 Å². The zero-order valence-corrected chi connectivity index (χ0v) is 12.1. The second kappa shape index (κ2) is 7.73. The number of nitrogens with one attached hydrogen (secondary N) is 2. The molecule has 0 spiro atoms. The number of hydrogen-bond acceptors (Lipinski definition) is 6. The molecule has 0 aliphatic rings. The number of aliphatic hydroxyl groups excluding tert-OH is 1. The number of rotatable bonds is 7. The minimum absolute atomic E-state index is 0.0580. The minimum atomic E-state index is -4.57. The predicted octanol–water partition coefficient (Wildman–Crippen LogP) is 2.30. The monoisotopic (exact) mass is 327 g/mol. The summed E-state index contributed by atoms with van der Waals surface area (Å²) in [6.45, 7) is 0.496. The maximum atomic E-state index is 12.9. The summed E-state index contributed by atoms with van der Waals surface area (Å²) in [5.41, 5.74) is -0.220. The molecule has 0 radical (unpaired) electrons. The average Bonchev–Trinajstić information content (AvgIpc) is 2.53. The third-order valence-corrected chi connectivity index (χ3v) is 2.83. The van der Waals surface area contributed by atoms with Crippen LogP contribution in [-0.4, -0.2) is 33.2 Å². The van der Waals surface area contributed by atoms with E-state index in [1.54, 1.807) is 24.5 Å². The molecule has 9 heteroatoms. The van der Waals surface area contributed by atoms with Gasteiger partial charge in [-0.25, -0.2) is 4.98 Å². The quantitative estimate of drug-likeness (QED) is 0.677. The van der Waals surface area contributed by atoms with Gasteiger partial charge in [0.2, 0.25) is 5.95 Å². The molecule has 124 valence electrons. The Hall–Kier alpha value is -2.42. The summed E-state index contributed by atoms with van der Waals surface area (Å²) < 4.78 is 38.7. The topological polar surface area (TPSA) is 83.0 Å². The first-order valence-electron chi connectivity index (χ1n) is 6.93. The molecule has 2 aromatic heterocycles. The fraction of sp³-hybridized carbons (Fsp3) is 0.357. The number of pyridine rings is 1. The van der Waals surface area contributed by atoms with Crippen molar-refractivity contribution in [3.05, 3.63) is 41.9 Å². The lowest BCUT2D eigenvalue weighted by Crippen LogP contribution is -2.15. The highest BCUT2D eigenvalue weighted by molar-refractivity contribution is 5.43. The van der Waals surface area contributed by atoms with E-state index in [1.165, 1.54) is 0 Å². The molecule has 2 rings (SSSR count). The van der Waals surface area contributed by atoms with Crippen LogP contribution >= 0.6 is 0 Å². The van der Waals surface area contributed by atoms with E-state index in [0.29, 0.717) is 6.42 Å². The SMILES string of the molecule is OCCCNc1nc(NCc2cccnc2)cc(C(F)(F)F)n1. The lowest BCUT2D eigenvalue weighted by atomic mass is 10.3. The first-order chi connectivity index (χ1) is 11.0. The normalized spacial score (nSPS) is 11.3. The van der Waals surface area contributed by atoms with Gasteiger partial charge in [0.25, 0.3) is 0 Å². The minimum Gasteiger partial charge on any atom is -0.396 e. The van der Waals surface area contributed by atoms with E-state index in [9.17, 15) is 13.2 Å². The van der Waals surface area contributed by atoms with Gasteiger partial charge in [-0.3, -0.25) is 4.98 Å². The van der Waals surface area contributed by atoms with Crippen molar-refractivity contribution >= 4 is 11.8 Å². The van der Waals surface area contributed by atoms with Gasteiger partial charge < -0.3 is 15.7 Å². The molecular weight excluding hydrogens is 311 g/mol. The van der Waals surface area contributed by atoms with Gasteiger partial charge in [-0.15, -0.1) is 0 Å². The summed E-state index contributed by atoms with van der Waals surface area (Å²) in [5, 5.41) is 14.2. The third-order valence-electron chi connectivity index (χ3n) is 2.83. The molecule has 0 aliphatic carbocycles. The lowest BCUT2D eigenvalue weighted by Gasteiger charge is -2.12. The molecule has 3 N–H and O–H groups in total. The summed E-state index contributed by atoms with van der Waals surface area (Å²) in [5.74, 6) is -0.0790. The highest BCUT2D eigenvalue weighted by atomic mass is 19.4. The summed E-state index contributed by atoms with van der Waals surface area (Å²) in [4.78, 5) is 11.4. The number of hydrogen-bond donors (Lipinski definition) is 3. The number of anilines is 2. The fourth-order valence-electron chi connectivity index (χ4n) is 1.74. The van der Waals surface area contributed by atoms with E-state index in [2.05, 4.69) is 25.6 Å². The number of halogens is 3. The highest BCUT2D eigenvalue weighted by Crippen LogP contribution is 2.29. The molecule has 0 saturated carbocycles. The van der Waals surface area contributed by atoms with Crippen molar-refractivity contribution in [1.29, 1.82) is 0 Å². The highest BCUT2D eigenvalue weighted by Gasteiger charge is 2.33. The molecule has 0 amide bonds. The predicted molar refractivity (Wildman–Crippen MR) is 78.8 cm³/mol. The van der Waals surface area contributed by atoms with Crippen LogP contribution in [0.5, 0.6) is 0 Å². The van der Waals surface area contributed by atoms with Crippen LogP contribution in [-0.2, 0) is 12.7 Å². The number of aliphatic hydroxyl groups is 1. The van der Waals surface area contributed by atoms with Crippen molar-refractivity contribution in [2.24, 2.45) is 0 Å². The molecule has 2 heterocycles. The zero-order chi connectivity index (χ0) is 16.7. The Morgan fingerprint density at radius 2 is 2.00 bits per heavy atom. The Bertz CT molecular complexity index is 622. The smallest absolute Gasteiger partial charge is 0.396 e. The summed E-state index contributed by atoms with van der Waals surface area (Å²) >= 11 is 0. The van der Waals surface area contributed by atoms with Gasteiger partial charge in [0, 0.05) is 38.2 Å². The van der Waals surface area contributed by atoms with Crippen LogP contribution in [0.4, 0.5) is 24.9 Å². The van der Waals surface area contributed by atoms with Crippen molar-refractivity contribution in [3.8, 4) is 0 Å². The van der Waals surface area contributed by atoms with Gasteiger partial charge in [-0.05, 0) is 18.1 Å². The summed E-state index contributed by atoms with van der Waals surface area (Å²) in [6.07, 6.45) is -0.961. The molecular formula is C14H16F3N5O. The Morgan fingerprint density at radius 1 is 1.17 bits per heavy atom. The lowest BCUT2D eigenvalue weighted by molar-refractivity contribution is -0.141. The second-order valence-corrected chi connectivity index (χ2v) is 4.68. The van der Waals surface area contributed by atoms with Crippen molar-refractivity contribution in [2.45, 2.75) is 19.1 Å². The molecule has 0 aromatic carbocycles. The van der Waals surface area contributed by atoms with E-state index in [4.69, 9.17) is 5.11 Å². The number of alkyl halides is 3. The molecule has 0 bridgehead atoms. The Morgan fingerprint density at radius 3 is 2.65 bits per heavy atom. The zero-order valence-electron chi connectivity index (χ0n) is 12.1. The van der Waals surface area contributed by atoms with E-state index in [-0.39, 0.29) is 31.5 Å². The number of aromatic nitrogens is 3. The second-order valence-electron chi connectivity index (χ2n) is 4.68. The average molecular weight is 327 g/mol. The first-order valence-corrected chi connectivity index (χ1v) is 6.93. The van der Waals surface area contributed by atoms with Gasteiger partial charge in [0.1, 0.15) is 5.82 Å². The summed E-state index contributed by atoms with van der Waals surface area (Å²) in [7, 11) is 0. The molecule has 0 saturated heterocycles. The van der Waals surface area contributed by atoms with Crippen LogP contribution in [0.25, 0.3) is 0 Å². The fourth-order valence-corrected chi connectivity index (χ4v) is 1.74. The van der Waals surface area contributed by atoms with Crippen molar-refractivity contribution in [2.75, 3.05) is 23.8 Å². The number of nitrogens with zero attached hydrogens (tertiary/aromatic N) is 3. The van der Waals surface area contributed by atoms with Gasteiger partial charge in [0.05, 0.1) is 0 Å². The van der Waals surface area contributed by atoms with Gasteiger partial charge >= 0.3 is 6.18 Å². The Kier molecular flexibility index (Phi) is 5.69. The maximum Gasteiger partial charge on any atom is 0.433 e. The van der Waals surface area contributed by atoms with E-state index >= 15 is 0 Å². The van der Waals surface area contributed by atoms with Crippen molar-refractivity contribution in [3.63, 3.8) is 0 Å². The van der Waals surface area contributed by atoms with Crippen LogP contribution < -0.4 is 10.6 Å². The molecule has 0 unspecified atom stereocenters. The van der Waals surface area contributed by atoms with Crippen LogP contribution in [0, 0.1) is 0 Å². The van der Waals surface area contributed by atoms with Crippen LogP contribution in [0.1, 0.15) is 17.7 Å². The molecule has 6 nitrogen and oxygen atoms in total. The first kappa shape index (κ1) is 16.9. The molecule has 0 fully saturated rings. The van der Waals surface area contributed by atoms with E-state index < -0.39 is 11.9 Å². The Labute approximate surface area is 130 Å². The van der Waals surface area contributed by atoms with Crippen molar-refractivity contribution < 1.29 is 18.3 Å².